The van der Waals surface area contributed by atoms with Crippen LogP contribution >= 0.6 is 0 Å². The fourth-order valence-corrected chi connectivity index (χ4v) is 5.05. The van der Waals surface area contributed by atoms with Crippen molar-refractivity contribution in [1.82, 2.24) is 14.8 Å². The third-order valence-corrected chi connectivity index (χ3v) is 6.70. The van der Waals surface area contributed by atoms with Gasteiger partial charge in [-0.2, -0.15) is 0 Å². The first-order valence-corrected chi connectivity index (χ1v) is 10.8. The maximum atomic E-state index is 13.7. The summed E-state index contributed by atoms with van der Waals surface area (Å²) in [5, 5.41) is 0. The molecule has 2 atom stereocenters. The highest BCUT2D eigenvalue weighted by Crippen LogP contribution is 2.47. The van der Waals surface area contributed by atoms with Gasteiger partial charge in [-0.05, 0) is 42.7 Å². The van der Waals surface area contributed by atoms with Crippen LogP contribution in [0.25, 0.3) is 0 Å². The lowest BCUT2D eigenvalue weighted by atomic mass is 9.89. The molecule has 3 aliphatic heterocycles. The number of alkyl halides is 2. The Morgan fingerprint density at radius 1 is 1.09 bits per heavy atom. The molecule has 4 heterocycles. The second kappa shape index (κ2) is 8.09. The molecule has 174 valence electrons. The molecule has 1 spiro atoms. The number of aromatic nitrogens is 1. The second-order valence-electron chi connectivity index (χ2n) is 8.64. The Bertz CT molecular complexity index is 1070. The summed E-state index contributed by atoms with van der Waals surface area (Å²) in [5.74, 6) is -1.97. The van der Waals surface area contributed by atoms with Crippen molar-refractivity contribution in [3.8, 4) is 0 Å². The van der Waals surface area contributed by atoms with E-state index in [1.807, 2.05) is 0 Å². The lowest BCUT2D eigenvalue weighted by Crippen LogP contribution is -2.51. The number of fused-ring (bicyclic) bond motifs is 1. The summed E-state index contributed by atoms with van der Waals surface area (Å²) in [5.41, 5.74) is -0.884. The molecule has 10 heteroatoms. The highest BCUT2D eigenvalue weighted by atomic mass is 19.3. The van der Waals surface area contributed by atoms with Gasteiger partial charge in [-0.1, -0.05) is 0 Å². The molecular weight excluding hydrogens is 442 g/mol. The number of likely N-dealkylation sites (tertiary alicyclic amines) is 1. The predicted octanol–water partition coefficient (Wildman–Crippen LogP) is 3.99. The van der Waals surface area contributed by atoms with Gasteiger partial charge in [0.15, 0.2) is 5.60 Å². The number of benzene rings is 1. The van der Waals surface area contributed by atoms with Crippen molar-refractivity contribution in [2.45, 2.75) is 50.0 Å². The Labute approximate surface area is 187 Å². The van der Waals surface area contributed by atoms with Crippen LogP contribution in [0.2, 0.25) is 0 Å². The van der Waals surface area contributed by atoms with Crippen LogP contribution in [-0.2, 0) is 9.53 Å². The van der Waals surface area contributed by atoms with Crippen LogP contribution in [0, 0.1) is 11.6 Å². The number of nitrogens with zero attached hydrogens (tertiary/aromatic N) is 3. The van der Waals surface area contributed by atoms with E-state index in [9.17, 15) is 27.2 Å². The number of amides is 2. The van der Waals surface area contributed by atoms with Crippen molar-refractivity contribution in [3.63, 3.8) is 0 Å². The van der Waals surface area contributed by atoms with E-state index >= 15 is 0 Å². The average molecular weight is 463 g/mol. The largest absolute Gasteiger partial charge is 0.342 e. The van der Waals surface area contributed by atoms with Gasteiger partial charge in [0.1, 0.15) is 23.6 Å². The van der Waals surface area contributed by atoms with Crippen LogP contribution in [0.3, 0.4) is 0 Å². The van der Waals surface area contributed by atoms with Crippen molar-refractivity contribution in [2.24, 2.45) is 0 Å². The van der Waals surface area contributed by atoms with Gasteiger partial charge in [-0.15, -0.1) is 0 Å². The molecule has 1 unspecified atom stereocenters. The molecule has 2 aromatic rings. The van der Waals surface area contributed by atoms with Crippen LogP contribution in [0.1, 0.15) is 59.8 Å². The lowest BCUT2D eigenvalue weighted by molar-refractivity contribution is -0.142. The molecule has 1 aromatic carbocycles. The highest BCUT2D eigenvalue weighted by molar-refractivity contribution is 5.94. The van der Waals surface area contributed by atoms with Crippen LogP contribution in [0.4, 0.5) is 17.6 Å². The summed E-state index contributed by atoms with van der Waals surface area (Å²) in [6.07, 6.45) is -0.402. The van der Waals surface area contributed by atoms with Gasteiger partial charge in [-0.25, -0.2) is 17.6 Å². The molecule has 3 aliphatic rings. The van der Waals surface area contributed by atoms with E-state index in [4.69, 9.17) is 4.74 Å². The van der Waals surface area contributed by atoms with Gasteiger partial charge in [0.05, 0.1) is 11.6 Å². The summed E-state index contributed by atoms with van der Waals surface area (Å²) in [4.78, 5) is 32.9. The maximum Gasteiger partial charge on any atom is 0.280 e. The number of hydrogen-bond donors (Lipinski definition) is 0. The third kappa shape index (κ3) is 3.76. The molecule has 3 saturated heterocycles. The minimum absolute atomic E-state index is 0.197. The predicted molar refractivity (Wildman–Crippen MR) is 107 cm³/mol. The second-order valence-corrected chi connectivity index (χ2v) is 8.64. The minimum atomic E-state index is -2.71. The van der Waals surface area contributed by atoms with Crippen molar-refractivity contribution in [2.75, 3.05) is 13.1 Å². The summed E-state index contributed by atoms with van der Waals surface area (Å²) >= 11 is 0. The molecule has 0 aliphatic carbocycles. The van der Waals surface area contributed by atoms with E-state index in [2.05, 4.69) is 4.98 Å². The number of carbonyl (C=O) groups excluding carboxylic acids is 2. The van der Waals surface area contributed by atoms with Crippen LogP contribution in [-0.4, -0.2) is 51.5 Å². The van der Waals surface area contributed by atoms with Crippen LogP contribution in [0.15, 0.2) is 36.5 Å². The standard InChI is InChI=1S/C23H21F4N3O3/c24-15-9-14(10-16(25)11-15)18-3-4-19-30(18)22(32)23(33-19)5-7-29(8-6-23)21(31)13-1-2-17(20(26)27)28-12-13/h1-2,9-12,18-20H,3-8H2/t18-,19?/m0/s1. The number of piperidine rings is 1. The summed E-state index contributed by atoms with van der Waals surface area (Å²) in [6.45, 7) is 0.502. The van der Waals surface area contributed by atoms with Crippen LogP contribution < -0.4 is 0 Å². The fraction of sp³-hybridized carbons (Fsp3) is 0.435. The molecule has 0 saturated carbocycles. The molecule has 2 amide bonds. The third-order valence-electron chi connectivity index (χ3n) is 6.70. The highest BCUT2D eigenvalue weighted by Gasteiger charge is 2.58. The molecule has 0 bridgehead atoms. The zero-order valence-electron chi connectivity index (χ0n) is 17.5. The van der Waals surface area contributed by atoms with E-state index in [-0.39, 0.29) is 43.3 Å². The topological polar surface area (TPSA) is 62.7 Å². The molecule has 0 radical (unpaired) electrons. The number of pyridine rings is 1. The first-order chi connectivity index (χ1) is 15.8. The Morgan fingerprint density at radius 2 is 1.79 bits per heavy atom. The van der Waals surface area contributed by atoms with Gasteiger partial charge in [0, 0.05) is 38.2 Å². The number of carbonyl (C=O) groups is 2. The first kappa shape index (κ1) is 21.8. The quantitative estimate of drug-likeness (QED) is 0.646. The van der Waals surface area contributed by atoms with Crippen molar-refractivity contribution >= 4 is 11.8 Å². The fourth-order valence-electron chi connectivity index (χ4n) is 5.05. The van der Waals surface area contributed by atoms with Crippen molar-refractivity contribution < 1.29 is 31.9 Å². The Kier molecular flexibility index (Phi) is 5.35. The van der Waals surface area contributed by atoms with Crippen LogP contribution in [0.5, 0.6) is 0 Å². The zero-order chi connectivity index (χ0) is 23.3. The van der Waals surface area contributed by atoms with Crippen molar-refractivity contribution in [1.29, 1.82) is 0 Å². The molecule has 1 aromatic heterocycles. The summed E-state index contributed by atoms with van der Waals surface area (Å²) in [6, 6.07) is 5.24. The number of ether oxygens (including phenoxy) is 1. The molecule has 3 fully saturated rings. The molecule has 33 heavy (non-hydrogen) atoms. The van der Waals surface area contributed by atoms with Gasteiger partial charge in [0.25, 0.3) is 18.2 Å². The smallest absolute Gasteiger partial charge is 0.280 e. The van der Waals surface area contributed by atoms with E-state index in [0.29, 0.717) is 18.4 Å². The molecule has 6 nitrogen and oxygen atoms in total. The Morgan fingerprint density at radius 3 is 2.39 bits per heavy atom. The number of rotatable bonds is 3. The first-order valence-electron chi connectivity index (χ1n) is 10.8. The van der Waals surface area contributed by atoms with Gasteiger partial charge >= 0.3 is 0 Å². The summed E-state index contributed by atoms with van der Waals surface area (Å²) < 4.78 is 59.0. The number of halogens is 4. The lowest BCUT2D eigenvalue weighted by Gasteiger charge is -2.37. The van der Waals surface area contributed by atoms with Gasteiger partial charge in [-0.3, -0.25) is 14.6 Å². The van der Waals surface area contributed by atoms with E-state index in [0.717, 1.165) is 18.3 Å². The SMILES string of the molecule is O=C(c1ccc(C(F)F)nc1)N1CCC2(CC1)OC1CC[C@@H](c3cc(F)cc(F)c3)N1C2=O. The zero-order valence-corrected chi connectivity index (χ0v) is 17.5. The Balaban J connectivity index is 1.28. The number of hydrogen-bond acceptors (Lipinski definition) is 4. The molecule has 0 N–H and O–H groups in total. The van der Waals surface area contributed by atoms with E-state index in [1.165, 1.54) is 18.2 Å². The van der Waals surface area contributed by atoms with Crippen molar-refractivity contribution in [3.05, 3.63) is 65.0 Å². The normalized spacial score (nSPS) is 24.1. The van der Waals surface area contributed by atoms with Gasteiger partial charge in [0.2, 0.25) is 0 Å². The van der Waals surface area contributed by atoms with Gasteiger partial charge < -0.3 is 14.5 Å². The monoisotopic (exact) mass is 463 g/mol. The minimum Gasteiger partial charge on any atom is -0.342 e. The average Bonchev–Trinajstić information content (AvgIpc) is 3.31. The van der Waals surface area contributed by atoms with E-state index in [1.54, 1.807) is 9.80 Å². The molecular formula is C23H21F4N3O3. The summed E-state index contributed by atoms with van der Waals surface area (Å²) in [7, 11) is 0. The Hall–Kier alpha value is -3.01. The maximum absolute atomic E-state index is 13.7. The molecule has 5 rings (SSSR count). The van der Waals surface area contributed by atoms with E-state index < -0.39 is 41.6 Å².